The van der Waals surface area contributed by atoms with E-state index in [1.807, 2.05) is 5.92 Å². The highest BCUT2D eigenvalue weighted by Crippen LogP contribution is 2.27. The molecule has 2 nitrogen and oxygen atoms in total. The van der Waals surface area contributed by atoms with Crippen molar-refractivity contribution in [1.29, 1.82) is 0 Å². The van der Waals surface area contributed by atoms with Gasteiger partial charge in [-0.05, 0) is 34.1 Å². The zero-order valence-corrected chi connectivity index (χ0v) is 8.72. The molecular weight excluding hydrogens is 255 g/mol. The van der Waals surface area contributed by atoms with E-state index in [2.05, 4.69) is 15.9 Å². The van der Waals surface area contributed by atoms with Crippen LogP contribution in [0.1, 0.15) is 0 Å². The number of hydrogen-bond donors (Lipinski definition) is 0. The van der Waals surface area contributed by atoms with E-state index in [9.17, 15) is 4.79 Å². The number of benzene rings is 1. The van der Waals surface area contributed by atoms with Crippen molar-refractivity contribution in [3.63, 3.8) is 0 Å². The van der Waals surface area contributed by atoms with Crippen LogP contribution in [0.2, 0.25) is 5.02 Å². The average Bonchev–Trinajstić information content (AvgIpc) is 2.09. The maximum Gasteiger partial charge on any atom is 0.389 e. The summed E-state index contributed by atoms with van der Waals surface area (Å²) in [5.41, 5.74) is 0. The van der Waals surface area contributed by atoms with E-state index in [0.29, 0.717) is 15.2 Å². The topological polar surface area (TPSA) is 26.3 Å². The van der Waals surface area contributed by atoms with Gasteiger partial charge in [-0.25, -0.2) is 4.79 Å². The molecule has 0 aliphatic rings. The minimum absolute atomic E-state index is 0.354. The van der Waals surface area contributed by atoms with Crippen molar-refractivity contribution >= 4 is 33.5 Å². The first kappa shape index (κ1) is 10.1. The fourth-order valence-corrected chi connectivity index (χ4v) is 1.45. The maximum atomic E-state index is 10.7. The third-order valence-corrected chi connectivity index (χ3v) is 2.07. The molecule has 1 aromatic rings. The van der Waals surface area contributed by atoms with Gasteiger partial charge in [-0.2, -0.15) is 0 Å². The van der Waals surface area contributed by atoms with E-state index in [0.717, 1.165) is 0 Å². The molecule has 0 amide bonds. The molecule has 0 radical (unpaired) electrons. The maximum absolute atomic E-state index is 10.7. The number of esters is 1. The van der Waals surface area contributed by atoms with Gasteiger partial charge in [-0.3, -0.25) is 0 Å². The minimum Gasteiger partial charge on any atom is -0.416 e. The number of ether oxygens (including phenoxy) is 1. The second kappa shape index (κ2) is 4.31. The van der Waals surface area contributed by atoms with Gasteiger partial charge in [0.1, 0.15) is 5.75 Å². The number of halogens is 2. The molecule has 1 rings (SSSR count). The van der Waals surface area contributed by atoms with Gasteiger partial charge in [0, 0.05) is 10.9 Å². The van der Waals surface area contributed by atoms with Gasteiger partial charge in [0.25, 0.3) is 0 Å². The predicted octanol–water partition coefficient (Wildman–Crippen LogP) is 2.64. The van der Waals surface area contributed by atoms with E-state index >= 15 is 0 Å². The lowest BCUT2D eigenvalue weighted by Crippen LogP contribution is -2.04. The molecular formula is C9H4BrClO2. The Kier molecular flexibility index (Phi) is 3.35. The van der Waals surface area contributed by atoms with Crippen LogP contribution in [0, 0.1) is 12.3 Å². The lowest BCUT2D eigenvalue weighted by atomic mass is 10.3. The van der Waals surface area contributed by atoms with Crippen LogP contribution in [0.15, 0.2) is 22.7 Å². The van der Waals surface area contributed by atoms with Crippen molar-refractivity contribution in [2.45, 2.75) is 0 Å². The van der Waals surface area contributed by atoms with E-state index in [1.165, 1.54) is 0 Å². The molecule has 0 heterocycles. The van der Waals surface area contributed by atoms with Crippen LogP contribution in [0.3, 0.4) is 0 Å². The molecule has 0 saturated heterocycles. The highest BCUT2D eigenvalue weighted by atomic mass is 79.9. The van der Waals surface area contributed by atoms with E-state index in [4.69, 9.17) is 22.8 Å². The molecule has 0 atom stereocenters. The molecule has 66 valence electrons. The molecule has 0 aliphatic carbocycles. The molecule has 0 aliphatic heterocycles. The molecule has 13 heavy (non-hydrogen) atoms. The smallest absolute Gasteiger partial charge is 0.389 e. The van der Waals surface area contributed by atoms with Crippen LogP contribution in [0.4, 0.5) is 0 Å². The van der Waals surface area contributed by atoms with Crippen LogP contribution in [-0.4, -0.2) is 5.97 Å². The van der Waals surface area contributed by atoms with Crippen molar-refractivity contribution in [3.8, 4) is 18.1 Å². The number of carbonyl (C=O) groups excluding carboxylic acids is 1. The Bertz CT molecular complexity index is 382. The molecule has 0 N–H and O–H groups in total. The summed E-state index contributed by atoms with van der Waals surface area (Å²) in [7, 11) is 0. The number of rotatable bonds is 1. The minimum atomic E-state index is -0.733. The second-order valence-electron chi connectivity index (χ2n) is 2.11. The van der Waals surface area contributed by atoms with Gasteiger partial charge in [0.2, 0.25) is 0 Å². The fourth-order valence-electron chi connectivity index (χ4n) is 0.687. The molecule has 4 heteroatoms. The summed E-state index contributed by atoms with van der Waals surface area (Å²) in [6, 6.07) is 4.77. The first-order chi connectivity index (χ1) is 6.13. The van der Waals surface area contributed by atoms with Crippen LogP contribution in [0.5, 0.6) is 5.75 Å². The number of terminal acetylenes is 1. The van der Waals surface area contributed by atoms with Crippen molar-refractivity contribution < 1.29 is 9.53 Å². The lowest BCUT2D eigenvalue weighted by Gasteiger charge is -2.02. The van der Waals surface area contributed by atoms with Gasteiger partial charge < -0.3 is 4.74 Å². The predicted molar refractivity (Wildman–Crippen MR) is 53.6 cm³/mol. The number of carbonyl (C=O) groups is 1. The molecule has 0 bridgehead atoms. The van der Waals surface area contributed by atoms with Crippen molar-refractivity contribution in [2.24, 2.45) is 0 Å². The van der Waals surface area contributed by atoms with Gasteiger partial charge in [0.05, 0.1) is 4.47 Å². The zero-order chi connectivity index (χ0) is 9.84. The van der Waals surface area contributed by atoms with Gasteiger partial charge in [0.15, 0.2) is 0 Å². The van der Waals surface area contributed by atoms with Crippen molar-refractivity contribution in [2.75, 3.05) is 0 Å². The van der Waals surface area contributed by atoms with Crippen LogP contribution in [0.25, 0.3) is 0 Å². The Morgan fingerprint density at radius 1 is 1.62 bits per heavy atom. The molecule has 1 aromatic carbocycles. The molecule has 0 fully saturated rings. The van der Waals surface area contributed by atoms with Crippen LogP contribution < -0.4 is 4.74 Å². The Balaban J connectivity index is 2.91. The molecule has 0 aromatic heterocycles. The van der Waals surface area contributed by atoms with E-state index in [1.54, 1.807) is 18.2 Å². The molecule has 0 saturated carbocycles. The fraction of sp³-hybridized carbons (Fsp3) is 0. The van der Waals surface area contributed by atoms with Gasteiger partial charge in [-0.1, -0.05) is 11.6 Å². The first-order valence-electron chi connectivity index (χ1n) is 3.27. The third-order valence-electron chi connectivity index (χ3n) is 1.21. The second-order valence-corrected chi connectivity index (χ2v) is 3.40. The first-order valence-corrected chi connectivity index (χ1v) is 4.44. The largest absolute Gasteiger partial charge is 0.416 e. The number of hydrogen-bond acceptors (Lipinski definition) is 2. The third kappa shape index (κ3) is 2.76. The molecule has 0 spiro atoms. The summed E-state index contributed by atoms with van der Waals surface area (Å²) in [5, 5.41) is 0.549. The SMILES string of the molecule is C#CC(=O)Oc1ccc(Cl)cc1Br. The Morgan fingerprint density at radius 3 is 2.85 bits per heavy atom. The summed E-state index contributed by atoms with van der Waals surface area (Å²) >= 11 is 8.85. The van der Waals surface area contributed by atoms with Crippen LogP contribution >= 0.6 is 27.5 Å². The monoisotopic (exact) mass is 258 g/mol. The van der Waals surface area contributed by atoms with Crippen LogP contribution in [-0.2, 0) is 4.79 Å². The summed E-state index contributed by atoms with van der Waals surface area (Å²) in [6.45, 7) is 0. The highest BCUT2D eigenvalue weighted by molar-refractivity contribution is 9.10. The lowest BCUT2D eigenvalue weighted by molar-refractivity contribution is -0.128. The quantitative estimate of drug-likeness (QED) is 0.335. The summed E-state index contributed by atoms with van der Waals surface area (Å²) in [5.74, 6) is 1.46. The van der Waals surface area contributed by atoms with Crippen molar-refractivity contribution in [1.82, 2.24) is 0 Å². The standard InChI is InChI=1S/C9H4BrClO2/c1-2-9(12)13-8-4-3-6(11)5-7(8)10/h1,3-5H. The zero-order valence-electron chi connectivity index (χ0n) is 6.38. The Hall–Kier alpha value is -0.980. The molecule has 0 unspecified atom stereocenters. The van der Waals surface area contributed by atoms with Gasteiger partial charge >= 0.3 is 5.97 Å². The Labute approximate surface area is 89.0 Å². The van der Waals surface area contributed by atoms with Gasteiger partial charge in [-0.15, -0.1) is 6.42 Å². The Morgan fingerprint density at radius 2 is 2.31 bits per heavy atom. The summed E-state index contributed by atoms with van der Waals surface area (Å²) in [6.07, 6.45) is 4.83. The van der Waals surface area contributed by atoms with E-state index < -0.39 is 5.97 Å². The summed E-state index contributed by atoms with van der Waals surface area (Å²) in [4.78, 5) is 10.7. The highest BCUT2D eigenvalue weighted by Gasteiger charge is 2.05. The summed E-state index contributed by atoms with van der Waals surface area (Å²) < 4.78 is 5.36. The average molecular weight is 259 g/mol. The van der Waals surface area contributed by atoms with E-state index in [-0.39, 0.29) is 0 Å². The van der Waals surface area contributed by atoms with Crippen molar-refractivity contribution in [3.05, 3.63) is 27.7 Å². The normalized spacial score (nSPS) is 9.00.